The zero-order chi connectivity index (χ0) is 18.8. The van der Waals surface area contributed by atoms with Gasteiger partial charge >= 0.3 is 5.63 Å². The van der Waals surface area contributed by atoms with Crippen molar-refractivity contribution >= 4 is 34.2 Å². The molecule has 0 saturated heterocycles. The molecule has 0 atom stereocenters. The first-order chi connectivity index (χ1) is 13.1. The predicted octanol–water partition coefficient (Wildman–Crippen LogP) is 5.37. The minimum Gasteiger partial charge on any atom is -0.422 e. The first-order valence-electron chi connectivity index (χ1n) is 8.30. The average Bonchev–Trinajstić information content (AvgIpc) is 2.69. The molecule has 0 aliphatic heterocycles. The van der Waals surface area contributed by atoms with Crippen LogP contribution < -0.4 is 10.9 Å². The predicted molar refractivity (Wildman–Crippen MR) is 107 cm³/mol. The van der Waals surface area contributed by atoms with E-state index in [4.69, 9.17) is 16.0 Å². The van der Waals surface area contributed by atoms with E-state index in [0.29, 0.717) is 33.0 Å². The van der Waals surface area contributed by atoms with Gasteiger partial charge in [-0.2, -0.15) is 0 Å². The quantitative estimate of drug-likeness (QED) is 0.490. The molecule has 0 aliphatic rings. The average molecular weight is 376 g/mol. The van der Waals surface area contributed by atoms with Gasteiger partial charge in [0.2, 0.25) is 0 Å². The van der Waals surface area contributed by atoms with Gasteiger partial charge in [-0.15, -0.1) is 0 Å². The van der Waals surface area contributed by atoms with E-state index in [-0.39, 0.29) is 5.91 Å². The SMILES string of the molecule is O=C(Nc1ccc(Cl)cc1)c1ccc(-c2cc3ccccc3oc2=O)cc1. The summed E-state index contributed by atoms with van der Waals surface area (Å²) in [5, 5.41) is 4.25. The third-order valence-electron chi connectivity index (χ3n) is 4.20. The molecule has 0 unspecified atom stereocenters. The fourth-order valence-electron chi connectivity index (χ4n) is 2.80. The van der Waals surface area contributed by atoms with Crippen LogP contribution in [0.1, 0.15) is 10.4 Å². The van der Waals surface area contributed by atoms with Crippen molar-refractivity contribution in [1.29, 1.82) is 0 Å². The van der Waals surface area contributed by atoms with Crippen molar-refractivity contribution in [3.05, 3.63) is 99.9 Å². The van der Waals surface area contributed by atoms with Gasteiger partial charge < -0.3 is 9.73 Å². The fraction of sp³-hybridized carbons (Fsp3) is 0. The summed E-state index contributed by atoms with van der Waals surface area (Å²) in [7, 11) is 0. The number of hydrogen-bond acceptors (Lipinski definition) is 3. The molecular formula is C22H14ClNO3. The van der Waals surface area contributed by atoms with E-state index < -0.39 is 5.63 Å². The Morgan fingerprint density at radius 1 is 0.889 bits per heavy atom. The van der Waals surface area contributed by atoms with Crippen molar-refractivity contribution in [1.82, 2.24) is 0 Å². The van der Waals surface area contributed by atoms with Crippen LogP contribution in [0.15, 0.2) is 88.1 Å². The minimum atomic E-state index is -0.410. The third kappa shape index (κ3) is 3.61. The number of carbonyl (C=O) groups is 1. The summed E-state index contributed by atoms with van der Waals surface area (Å²) in [6.07, 6.45) is 0. The Bertz CT molecular complexity index is 1180. The monoisotopic (exact) mass is 375 g/mol. The second-order valence-corrected chi connectivity index (χ2v) is 6.46. The molecule has 132 valence electrons. The maximum atomic E-state index is 12.4. The van der Waals surface area contributed by atoms with E-state index in [1.165, 1.54) is 0 Å². The molecule has 1 aromatic heterocycles. The Morgan fingerprint density at radius 2 is 1.59 bits per heavy atom. The zero-order valence-corrected chi connectivity index (χ0v) is 14.9. The molecule has 4 aromatic rings. The van der Waals surface area contributed by atoms with E-state index >= 15 is 0 Å². The normalized spacial score (nSPS) is 10.7. The van der Waals surface area contributed by atoms with Crippen LogP contribution in [-0.2, 0) is 0 Å². The van der Waals surface area contributed by atoms with Gasteiger partial charge in [-0.25, -0.2) is 4.79 Å². The third-order valence-corrected chi connectivity index (χ3v) is 4.45. The van der Waals surface area contributed by atoms with Crippen molar-refractivity contribution in [2.24, 2.45) is 0 Å². The number of rotatable bonds is 3. The molecule has 1 N–H and O–H groups in total. The molecule has 0 spiro atoms. The van der Waals surface area contributed by atoms with E-state index in [1.807, 2.05) is 18.2 Å². The first kappa shape index (κ1) is 17.1. The van der Waals surface area contributed by atoms with Crippen LogP contribution in [0.2, 0.25) is 5.02 Å². The van der Waals surface area contributed by atoms with Gasteiger partial charge in [-0.1, -0.05) is 41.9 Å². The summed E-state index contributed by atoms with van der Waals surface area (Å²) >= 11 is 5.84. The molecule has 0 aliphatic carbocycles. The summed E-state index contributed by atoms with van der Waals surface area (Å²) in [5.41, 5.74) is 2.43. The maximum absolute atomic E-state index is 12.4. The number of halogens is 1. The molecule has 4 nitrogen and oxygen atoms in total. The highest BCUT2D eigenvalue weighted by Crippen LogP contribution is 2.22. The molecule has 3 aromatic carbocycles. The second-order valence-electron chi connectivity index (χ2n) is 6.02. The highest BCUT2D eigenvalue weighted by atomic mass is 35.5. The standard InChI is InChI=1S/C22H14ClNO3/c23-17-9-11-18(12-10-17)24-21(25)15-7-5-14(6-8-15)19-13-16-3-1-2-4-20(16)27-22(19)26/h1-13H,(H,24,25). The molecule has 5 heteroatoms. The number of fused-ring (bicyclic) bond motifs is 1. The molecule has 4 rings (SSSR count). The summed E-state index contributed by atoms with van der Waals surface area (Å²) in [6.45, 7) is 0. The van der Waals surface area contributed by atoms with Gasteiger partial charge in [-0.3, -0.25) is 4.79 Å². The Labute approximate surface area is 160 Å². The van der Waals surface area contributed by atoms with E-state index in [1.54, 1.807) is 60.7 Å². The Morgan fingerprint density at radius 3 is 2.33 bits per heavy atom. The molecule has 0 saturated carbocycles. The minimum absolute atomic E-state index is 0.241. The molecular weight excluding hydrogens is 362 g/mol. The lowest BCUT2D eigenvalue weighted by atomic mass is 10.0. The number of nitrogens with one attached hydrogen (secondary N) is 1. The first-order valence-corrected chi connectivity index (χ1v) is 8.68. The van der Waals surface area contributed by atoms with Gasteiger partial charge in [0.1, 0.15) is 5.58 Å². The summed E-state index contributed by atoms with van der Waals surface area (Å²) < 4.78 is 5.37. The summed E-state index contributed by atoms with van der Waals surface area (Å²) in [6, 6.07) is 22.8. The lowest BCUT2D eigenvalue weighted by molar-refractivity contribution is 0.102. The maximum Gasteiger partial charge on any atom is 0.344 e. The number of carbonyl (C=O) groups excluding carboxylic acids is 1. The highest BCUT2D eigenvalue weighted by Gasteiger charge is 2.10. The van der Waals surface area contributed by atoms with Gasteiger partial charge in [0.05, 0.1) is 5.56 Å². The van der Waals surface area contributed by atoms with Crippen LogP contribution in [0.25, 0.3) is 22.1 Å². The number of hydrogen-bond donors (Lipinski definition) is 1. The molecule has 0 fully saturated rings. The van der Waals surface area contributed by atoms with Crippen molar-refractivity contribution in [3.63, 3.8) is 0 Å². The summed E-state index contributed by atoms with van der Waals surface area (Å²) in [5.74, 6) is -0.241. The van der Waals surface area contributed by atoms with Crippen LogP contribution in [0.5, 0.6) is 0 Å². The largest absolute Gasteiger partial charge is 0.422 e. The van der Waals surface area contributed by atoms with Crippen LogP contribution in [0, 0.1) is 0 Å². The number of benzene rings is 3. The van der Waals surface area contributed by atoms with Gasteiger partial charge in [0.15, 0.2) is 0 Å². The van der Waals surface area contributed by atoms with Gasteiger partial charge in [0.25, 0.3) is 5.91 Å². The number of para-hydroxylation sites is 1. The van der Waals surface area contributed by atoms with Crippen LogP contribution in [0.3, 0.4) is 0 Å². The fourth-order valence-corrected chi connectivity index (χ4v) is 2.93. The van der Waals surface area contributed by atoms with Crippen LogP contribution in [-0.4, -0.2) is 5.91 Å². The lowest BCUT2D eigenvalue weighted by Crippen LogP contribution is -2.11. The number of anilines is 1. The van der Waals surface area contributed by atoms with E-state index in [0.717, 1.165) is 5.39 Å². The van der Waals surface area contributed by atoms with E-state index in [2.05, 4.69) is 5.32 Å². The van der Waals surface area contributed by atoms with Crippen LogP contribution in [0.4, 0.5) is 5.69 Å². The smallest absolute Gasteiger partial charge is 0.344 e. The Kier molecular flexibility index (Phi) is 4.48. The Balaban J connectivity index is 1.60. The Hall–Kier alpha value is -3.37. The van der Waals surface area contributed by atoms with Crippen molar-refractivity contribution in [3.8, 4) is 11.1 Å². The van der Waals surface area contributed by atoms with Crippen molar-refractivity contribution < 1.29 is 9.21 Å². The molecule has 1 heterocycles. The zero-order valence-electron chi connectivity index (χ0n) is 14.1. The molecule has 1 amide bonds. The highest BCUT2D eigenvalue weighted by molar-refractivity contribution is 6.30. The van der Waals surface area contributed by atoms with Gasteiger partial charge in [0, 0.05) is 21.7 Å². The second kappa shape index (κ2) is 7.09. The van der Waals surface area contributed by atoms with Crippen LogP contribution >= 0.6 is 11.6 Å². The van der Waals surface area contributed by atoms with Crippen molar-refractivity contribution in [2.45, 2.75) is 0 Å². The van der Waals surface area contributed by atoms with E-state index in [9.17, 15) is 9.59 Å². The van der Waals surface area contributed by atoms with Gasteiger partial charge in [-0.05, 0) is 54.1 Å². The summed E-state index contributed by atoms with van der Waals surface area (Å²) in [4.78, 5) is 24.6. The lowest BCUT2D eigenvalue weighted by Gasteiger charge is -2.07. The van der Waals surface area contributed by atoms with Crippen molar-refractivity contribution in [2.75, 3.05) is 5.32 Å². The molecule has 0 bridgehead atoms. The molecule has 27 heavy (non-hydrogen) atoms. The molecule has 0 radical (unpaired) electrons. The number of amides is 1. The topological polar surface area (TPSA) is 59.3 Å².